The molecule has 0 radical (unpaired) electrons. The highest BCUT2D eigenvalue weighted by Crippen LogP contribution is 2.33. The number of rotatable bonds is 2. The lowest BCUT2D eigenvalue weighted by molar-refractivity contribution is 0.0928. The predicted octanol–water partition coefficient (Wildman–Crippen LogP) is -0.413. The molecule has 5 nitrogen and oxygen atoms in total. The highest BCUT2D eigenvalue weighted by molar-refractivity contribution is 9.09. The van der Waals surface area contributed by atoms with Gasteiger partial charge in [-0.25, -0.2) is 4.79 Å². The fraction of sp³-hybridized carbons (Fsp3) is 0.857. The Balaban J connectivity index is 2.55. The average molecular weight is 254 g/mol. The third kappa shape index (κ3) is 2.32. The monoisotopic (exact) mass is 253 g/mol. The molecule has 1 amide bonds. The van der Waals surface area contributed by atoms with Crippen LogP contribution in [-0.4, -0.2) is 39.9 Å². The normalized spacial score (nSPS) is 39.0. The first kappa shape index (κ1) is 10.7. The van der Waals surface area contributed by atoms with Crippen molar-refractivity contribution < 1.29 is 19.7 Å². The van der Waals surface area contributed by atoms with Gasteiger partial charge in [-0.2, -0.15) is 0 Å². The molecule has 4 N–H and O–H groups in total. The van der Waals surface area contributed by atoms with E-state index in [1.165, 1.54) is 0 Å². The number of carbonyl (C=O) groups is 1. The van der Waals surface area contributed by atoms with E-state index in [1.807, 2.05) is 0 Å². The van der Waals surface area contributed by atoms with Crippen LogP contribution in [0.1, 0.15) is 6.42 Å². The molecule has 1 aliphatic rings. The van der Waals surface area contributed by atoms with Crippen molar-refractivity contribution in [2.75, 3.05) is 6.61 Å². The van der Waals surface area contributed by atoms with E-state index in [4.69, 9.17) is 15.6 Å². The summed E-state index contributed by atoms with van der Waals surface area (Å²) in [6, 6.07) is 0. The summed E-state index contributed by atoms with van der Waals surface area (Å²) >= 11 is 3.19. The van der Waals surface area contributed by atoms with Gasteiger partial charge in [0, 0.05) is 12.5 Å². The molecule has 0 saturated heterocycles. The van der Waals surface area contributed by atoms with Gasteiger partial charge in [-0.3, -0.25) is 0 Å². The second-order valence-corrected chi connectivity index (χ2v) is 4.15. The Bertz CT molecular complexity index is 201. The smallest absolute Gasteiger partial charge is 0.404 e. The lowest BCUT2D eigenvalue weighted by Gasteiger charge is -2.15. The van der Waals surface area contributed by atoms with Gasteiger partial charge in [0.05, 0.1) is 10.9 Å². The molecule has 6 heteroatoms. The molecule has 0 aromatic heterocycles. The van der Waals surface area contributed by atoms with E-state index >= 15 is 0 Å². The average Bonchev–Trinajstić information content (AvgIpc) is 2.32. The lowest BCUT2D eigenvalue weighted by Crippen LogP contribution is -2.30. The number of carbonyl (C=O) groups excluding carboxylic acids is 1. The minimum Gasteiger partial charge on any atom is -0.445 e. The van der Waals surface area contributed by atoms with Gasteiger partial charge in [0.1, 0.15) is 6.10 Å². The molecule has 0 heterocycles. The van der Waals surface area contributed by atoms with Crippen molar-refractivity contribution in [2.45, 2.75) is 23.5 Å². The standard InChI is InChI=1S/C7H12BrNO4/c8-5-4(13-7(9)12)1-3(2-10)6(5)11/h3-6,10-11H,1-2H2,(H2,9,12)/t3-,4+,5+,6+/m0/s1. The highest BCUT2D eigenvalue weighted by Gasteiger charge is 2.42. The van der Waals surface area contributed by atoms with Gasteiger partial charge in [0.25, 0.3) is 0 Å². The Hall–Kier alpha value is -0.330. The summed E-state index contributed by atoms with van der Waals surface area (Å²) in [7, 11) is 0. The van der Waals surface area contributed by atoms with Gasteiger partial charge in [-0.15, -0.1) is 0 Å². The van der Waals surface area contributed by atoms with E-state index < -0.39 is 18.3 Å². The fourth-order valence-electron chi connectivity index (χ4n) is 1.49. The molecular formula is C7H12BrNO4. The Morgan fingerprint density at radius 2 is 2.31 bits per heavy atom. The molecule has 13 heavy (non-hydrogen) atoms. The first-order chi connectivity index (χ1) is 6.06. The van der Waals surface area contributed by atoms with Crippen molar-refractivity contribution >= 4 is 22.0 Å². The topological polar surface area (TPSA) is 92.8 Å². The molecule has 0 unspecified atom stereocenters. The second kappa shape index (κ2) is 4.26. The third-order valence-electron chi connectivity index (χ3n) is 2.20. The zero-order valence-electron chi connectivity index (χ0n) is 6.89. The maximum atomic E-state index is 10.4. The van der Waals surface area contributed by atoms with Gasteiger partial charge in [0.15, 0.2) is 0 Å². The highest BCUT2D eigenvalue weighted by atomic mass is 79.9. The maximum Gasteiger partial charge on any atom is 0.404 e. The maximum absolute atomic E-state index is 10.4. The number of aliphatic hydroxyl groups excluding tert-OH is 2. The van der Waals surface area contributed by atoms with Crippen LogP contribution < -0.4 is 5.73 Å². The SMILES string of the molecule is NC(=O)O[C@@H]1C[C@@H](CO)[C@@H](O)[C@@H]1Br. The third-order valence-corrected chi connectivity index (χ3v) is 3.33. The van der Waals surface area contributed by atoms with Crippen LogP contribution in [0, 0.1) is 5.92 Å². The Morgan fingerprint density at radius 3 is 2.69 bits per heavy atom. The molecular weight excluding hydrogens is 242 g/mol. The number of amides is 1. The molecule has 4 atom stereocenters. The van der Waals surface area contributed by atoms with Crippen LogP contribution in [-0.2, 0) is 4.74 Å². The van der Waals surface area contributed by atoms with Crippen molar-refractivity contribution in [1.82, 2.24) is 0 Å². The molecule has 0 bridgehead atoms. The van der Waals surface area contributed by atoms with E-state index in [0.29, 0.717) is 6.42 Å². The summed E-state index contributed by atoms with van der Waals surface area (Å²) in [6.45, 7) is -0.123. The summed E-state index contributed by atoms with van der Waals surface area (Å²) in [5.74, 6) is -0.256. The number of alkyl halides is 1. The number of hydrogen-bond donors (Lipinski definition) is 3. The van der Waals surface area contributed by atoms with Crippen LogP contribution in [0.2, 0.25) is 0 Å². The Kier molecular flexibility index (Phi) is 3.52. The number of halogens is 1. The van der Waals surface area contributed by atoms with Crippen molar-refractivity contribution in [2.24, 2.45) is 11.7 Å². The number of ether oxygens (including phenoxy) is 1. The molecule has 0 aromatic carbocycles. The molecule has 0 aromatic rings. The number of primary amides is 1. The van der Waals surface area contributed by atoms with Crippen molar-refractivity contribution in [3.05, 3.63) is 0 Å². The molecule has 1 rings (SSSR count). The van der Waals surface area contributed by atoms with Crippen molar-refractivity contribution in [3.63, 3.8) is 0 Å². The van der Waals surface area contributed by atoms with E-state index in [1.54, 1.807) is 0 Å². The van der Waals surface area contributed by atoms with E-state index in [-0.39, 0.29) is 17.4 Å². The van der Waals surface area contributed by atoms with Gasteiger partial charge in [0.2, 0.25) is 0 Å². The van der Waals surface area contributed by atoms with E-state index in [2.05, 4.69) is 15.9 Å². The first-order valence-electron chi connectivity index (χ1n) is 3.95. The zero-order valence-corrected chi connectivity index (χ0v) is 8.48. The molecule has 1 saturated carbocycles. The van der Waals surface area contributed by atoms with Crippen LogP contribution in [0.25, 0.3) is 0 Å². The van der Waals surface area contributed by atoms with Gasteiger partial charge in [-0.1, -0.05) is 15.9 Å². The van der Waals surface area contributed by atoms with Gasteiger partial charge < -0.3 is 20.7 Å². The zero-order chi connectivity index (χ0) is 10.0. The summed E-state index contributed by atoms with van der Waals surface area (Å²) in [4.78, 5) is 10.1. The van der Waals surface area contributed by atoms with Crippen LogP contribution in [0.15, 0.2) is 0 Å². The molecule has 0 spiro atoms. The summed E-state index contributed by atoms with van der Waals surface area (Å²) in [5.41, 5.74) is 4.84. The predicted molar refractivity (Wildman–Crippen MR) is 48.4 cm³/mol. The van der Waals surface area contributed by atoms with Crippen LogP contribution in [0.5, 0.6) is 0 Å². The van der Waals surface area contributed by atoms with E-state index in [0.717, 1.165) is 0 Å². The number of nitrogens with two attached hydrogens (primary N) is 1. The Morgan fingerprint density at radius 1 is 1.69 bits per heavy atom. The largest absolute Gasteiger partial charge is 0.445 e. The fourth-order valence-corrected chi connectivity index (χ4v) is 2.25. The minimum atomic E-state index is -0.861. The quantitative estimate of drug-likeness (QED) is 0.584. The molecule has 1 aliphatic carbocycles. The molecule has 1 fully saturated rings. The number of hydrogen-bond acceptors (Lipinski definition) is 4. The second-order valence-electron chi connectivity index (χ2n) is 3.09. The molecule has 76 valence electrons. The van der Waals surface area contributed by atoms with Crippen LogP contribution >= 0.6 is 15.9 Å². The Labute approximate surface area is 84.0 Å². The summed E-state index contributed by atoms with van der Waals surface area (Å²) in [5, 5.41) is 18.4. The van der Waals surface area contributed by atoms with Crippen LogP contribution in [0.3, 0.4) is 0 Å². The van der Waals surface area contributed by atoms with Crippen molar-refractivity contribution in [3.8, 4) is 0 Å². The van der Waals surface area contributed by atoms with Gasteiger partial charge in [-0.05, 0) is 6.42 Å². The number of aliphatic hydroxyl groups is 2. The summed E-state index contributed by atoms with van der Waals surface area (Å²) < 4.78 is 4.75. The molecule has 0 aliphatic heterocycles. The first-order valence-corrected chi connectivity index (χ1v) is 4.87. The van der Waals surface area contributed by atoms with Crippen molar-refractivity contribution in [1.29, 1.82) is 0 Å². The van der Waals surface area contributed by atoms with Gasteiger partial charge >= 0.3 is 6.09 Å². The lowest BCUT2D eigenvalue weighted by atomic mass is 10.1. The van der Waals surface area contributed by atoms with Crippen LogP contribution in [0.4, 0.5) is 4.79 Å². The summed E-state index contributed by atoms with van der Waals surface area (Å²) in [6.07, 6.45) is -1.59. The van der Waals surface area contributed by atoms with E-state index in [9.17, 15) is 9.90 Å². The minimum absolute atomic E-state index is 0.123.